The first-order valence-electron chi connectivity index (χ1n) is 39.1. The summed E-state index contributed by atoms with van der Waals surface area (Å²) in [6.07, 6.45) is 42.3. The SMILES string of the molecule is c1cc([S+](c2ccc(C3CCCCC3)cc2)c2ccc(C3CCCCC3)cc2)ccc1C1CCCCC1.c1ccc([S+](c2ccc(C3CCCCC3)cc2)c2ccc(C3CCCCC3)cc2)cc1.c1ccc([S+](c2ccccc2)c2ccc(C3CC4CC3C3CCCC43)cc2)cc1. The van der Waals surface area contributed by atoms with E-state index >= 15 is 0 Å². The molecule has 5 atom stereocenters. The summed E-state index contributed by atoms with van der Waals surface area (Å²) < 4.78 is 0. The van der Waals surface area contributed by atoms with Crippen LogP contribution < -0.4 is 0 Å². The Balaban J connectivity index is 0.000000120. The van der Waals surface area contributed by atoms with E-state index in [0.717, 1.165) is 59.2 Å². The van der Waals surface area contributed by atoms with Crippen molar-refractivity contribution < 1.29 is 0 Å². The second kappa shape index (κ2) is 33.0. The van der Waals surface area contributed by atoms with Crippen molar-refractivity contribution in [3.05, 3.63) is 270 Å². The highest BCUT2D eigenvalue weighted by atomic mass is 32.2. The van der Waals surface area contributed by atoms with Gasteiger partial charge in [0.2, 0.25) is 0 Å². The first-order valence-corrected chi connectivity index (χ1v) is 42.8. The summed E-state index contributed by atoms with van der Waals surface area (Å²) in [6, 6.07) is 91.7. The van der Waals surface area contributed by atoms with Gasteiger partial charge in [0.25, 0.3) is 0 Å². The highest BCUT2D eigenvalue weighted by molar-refractivity contribution is 7.97. The van der Waals surface area contributed by atoms with Gasteiger partial charge in [-0.05, 0) is 292 Å². The second-order valence-electron chi connectivity index (χ2n) is 30.7. The van der Waals surface area contributed by atoms with Gasteiger partial charge in [0.1, 0.15) is 0 Å². The highest BCUT2D eigenvalue weighted by Gasteiger charge is 2.54. The van der Waals surface area contributed by atoms with Crippen LogP contribution >= 0.6 is 0 Å². The Bertz CT molecular complexity index is 3550. The predicted molar refractivity (Wildman–Crippen MR) is 413 cm³/mol. The molecule has 0 saturated heterocycles. The number of rotatable bonds is 15. The Morgan fingerprint density at radius 3 is 0.660 bits per heavy atom. The molecule has 0 N–H and O–H groups in total. The predicted octanol–water partition coefficient (Wildman–Crippen LogP) is 27.1. The molecule has 17 rings (SSSR count). The molecule has 8 aliphatic carbocycles. The molecule has 0 amide bonds. The van der Waals surface area contributed by atoms with Crippen molar-refractivity contribution in [2.75, 3.05) is 0 Å². The van der Waals surface area contributed by atoms with Crippen LogP contribution in [-0.4, -0.2) is 0 Å². The summed E-state index contributed by atoms with van der Waals surface area (Å²) >= 11 is 0. The van der Waals surface area contributed by atoms with Gasteiger partial charge in [-0.2, -0.15) is 0 Å². The van der Waals surface area contributed by atoms with E-state index in [9.17, 15) is 0 Å². The summed E-state index contributed by atoms with van der Waals surface area (Å²) in [4.78, 5) is 12.9. The minimum Gasteiger partial charge on any atom is -0.0619 e. The Kier molecular flexibility index (Phi) is 22.8. The average molecular weight is 1340 g/mol. The van der Waals surface area contributed by atoms with Gasteiger partial charge < -0.3 is 0 Å². The molecule has 97 heavy (non-hydrogen) atoms. The van der Waals surface area contributed by atoms with E-state index < -0.39 is 0 Å². The van der Waals surface area contributed by atoms with Gasteiger partial charge in [0.15, 0.2) is 44.1 Å². The Hall–Kier alpha value is -5.97. The van der Waals surface area contributed by atoms with Crippen LogP contribution in [0.5, 0.6) is 0 Å². The summed E-state index contributed by atoms with van der Waals surface area (Å²) in [5.41, 5.74) is 9.39. The minimum atomic E-state index is -0.0542. The van der Waals surface area contributed by atoms with E-state index in [1.807, 2.05) is 0 Å². The molecule has 0 nitrogen and oxygen atoms in total. The number of fused-ring (bicyclic) bond motifs is 5. The van der Waals surface area contributed by atoms with Gasteiger partial charge in [-0.15, -0.1) is 0 Å². The maximum atomic E-state index is 2.47. The van der Waals surface area contributed by atoms with Gasteiger partial charge in [0.05, 0.1) is 32.7 Å². The summed E-state index contributed by atoms with van der Waals surface area (Å²) in [5, 5.41) is 0. The van der Waals surface area contributed by atoms with E-state index in [2.05, 4.69) is 237 Å². The summed E-state index contributed by atoms with van der Waals surface area (Å²) in [6.45, 7) is 0. The molecule has 9 aromatic carbocycles. The molecule has 8 aliphatic rings. The molecule has 0 aromatic heterocycles. The van der Waals surface area contributed by atoms with Crippen LogP contribution in [0.15, 0.2) is 281 Å². The third-order valence-electron chi connectivity index (χ3n) is 24.9. The maximum absolute atomic E-state index is 2.47. The van der Waals surface area contributed by atoms with Crippen molar-refractivity contribution >= 4 is 32.7 Å². The number of benzene rings is 9. The quantitative estimate of drug-likeness (QED) is 0.0898. The van der Waals surface area contributed by atoms with Crippen molar-refractivity contribution in [2.45, 2.75) is 272 Å². The minimum absolute atomic E-state index is 0.0305. The molecule has 8 fully saturated rings. The average Bonchev–Trinajstić information content (AvgIpc) is 1.76. The third-order valence-corrected chi connectivity index (χ3v) is 31.6. The van der Waals surface area contributed by atoms with Crippen molar-refractivity contribution in [2.24, 2.45) is 23.7 Å². The molecule has 0 aliphatic heterocycles. The topological polar surface area (TPSA) is 0 Å². The van der Waals surface area contributed by atoms with Crippen LogP contribution in [0.25, 0.3) is 0 Å². The Labute approximate surface area is 594 Å². The fourth-order valence-corrected chi connectivity index (χ4v) is 25.9. The summed E-state index contributed by atoms with van der Waals surface area (Å²) in [5.74, 6) is 8.81. The molecular weight excluding hydrogens is 1230 g/mol. The zero-order valence-electron chi connectivity index (χ0n) is 58.2. The molecule has 0 spiro atoms. The van der Waals surface area contributed by atoms with Gasteiger partial charge in [-0.1, -0.05) is 230 Å². The van der Waals surface area contributed by atoms with Crippen LogP contribution in [0.2, 0.25) is 0 Å². The number of hydrogen-bond acceptors (Lipinski definition) is 0. The first-order chi connectivity index (χ1) is 48.1. The van der Waals surface area contributed by atoms with E-state index in [1.54, 1.807) is 33.4 Å². The van der Waals surface area contributed by atoms with Gasteiger partial charge in [-0.3, -0.25) is 0 Å². The van der Waals surface area contributed by atoms with Gasteiger partial charge >= 0.3 is 0 Å². The lowest BCUT2D eigenvalue weighted by Crippen LogP contribution is -2.23. The maximum Gasteiger partial charge on any atom is 0.166 e. The van der Waals surface area contributed by atoms with Crippen LogP contribution in [0.4, 0.5) is 0 Å². The molecular formula is C94H109S3+3. The lowest BCUT2D eigenvalue weighted by molar-refractivity contribution is 0.232. The van der Waals surface area contributed by atoms with E-state index in [0.29, 0.717) is 0 Å². The van der Waals surface area contributed by atoms with Crippen molar-refractivity contribution in [1.29, 1.82) is 0 Å². The van der Waals surface area contributed by atoms with E-state index in [-0.39, 0.29) is 32.7 Å². The molecule has 9 aromatic rings. The molecule has 500 valence electrons. The monoisotopic (exact) mass is 1330 g/mol. The first kappa shape index (κ1) is 66.9. The van der Waals surface area contributed by atoms with Gasteiger partial charge in [-0.25, -0.2) is 0 Å². The van der Waals surface area contributed by atoms with E-state index in [4.69, 9.17) is 0 Å². The lowest BCUT2D eigenvalue weighted by atomic mass is 9.73. The molecule has 8 saturated carbocycles. The largest absolute Gasteiger partial charge is 0.166 e. The zero-order valence-corrected chi connectivity index (χ0v) is 60.7. The lowest BCUT2D eigenvalue weighted by Gasteiger charge is -2.31. The Morgan fingerprint density at radius 2 is 0.402 bits per heavy atom. The Morgan fingerprint density at radius 1 is 0.175 bits per heavy atom. The van der Waals surface area contributed by atoms with Crippen molar-refractivity contribution in [1.82, 2.24) is 0 Å². The fourth-order valence-electron chi connectivity index (χ4n) is 19.8. The molecule has 2 bridgehead atoms. The summed E-state index contributed by atoms with van der Waals surface area (Å²) in [7, 11) is -0.126. The normalized spacial score (nSPS) is 22.6. The zero-order chi connectivity index (χ0) is 65.0. The van der Waals surface area contributed by atoms with Gasteiger partial charge in [0, 0.05) is 0 Å². The standard InChI is InChI=1S/C36H45S.C30H35S.C28H29S/c1-4-10-28(11-5-1)31-16-22-34(23-17-31)37(35-24-18-32(19-25-35)29-12-6-2-7-13-29)36-26-20-33(21-27-36)30-14-8-3-9-15-30;1-4-10-24(11-5-1)26-16-20-29(21-17-26)31(28-14-8-3-9-15-28)30-22-18-27(19-23-30)25-12-6-2-7-13-25;1-3-8-22(9-4-1)29(23-10-5-2-6-11-23)24-16-14-20(15-17-24)27-18-21-19-28(27)26-13-7-12-25(21)26/h16-30H,1-15H2;3,8-9,14-25H,1-2,4-7,10-13H2;1-6,8-11,14-17,21,25-28H,7,12-13,18-19H2/q3*+1. The van der Waals surface area contributed by atoms with Crippen molar-refractivity contribution in [3.8, 4) is 0 Å². The second-order valence-corrected chi connectivity index (χ2v) is 36.8. The number of hydrogen-bond donors (Lipinski definition) is 0. The molecule has 0 radical (unpaired) electrons. The fraction of sp³-hybridized carbons (Fsp3) is 0.426. The van der Waals surface area contributed by atoms with Crippen molar-refractivity contribution in [3.63, 3.8) is 0 Å². The van der Waals surface area contributed by atoms with Crippen LogP contribution in [0, 0.1) is 23.7 Å². The molecule has 0 heterocycles. The van der Waals surface area contributed by atoms with Crippen LogP contribution in [-0.2, 0) is 32.7 Å². The van der Waals surface area contributed by atoms with Crippen LogP contribution in [0.1, 0.15) is 262 Å². The molecule has 5 unspecified atom stereocenters. The smallest absolute Gasteiger partial charge is 0.0619 e. The highest BCUT2D eigenvalue weighted by Crippen LogP contribution is 2.63. The molecule has 3 heteroatoms. The van der Waals surface area contributed by atoms with Crippen LogP contribution in [0.3, 0.4) is 0 Å². The third kappa shape index (κ3) is 16.1. The van der Waals surface area contributed by atoms with E-state index in [1.165, 1.54) is 237 Å².